The predicted molar refractivity (Wildman–Crippen MR) is 81.6 cm³/mol. The molecule has 106 valence electrons. The zero-order valence-electron chi connectivity index (χ0n) is 10.8. The summed E-state index contributed by atoms with van der Waals surface area (Å²) in [6, 6.07) is 2.65. The summed E-state index contributed by atoms with van der Waals surface area (Å²) in [5.41, 5.74) is 0.592. The fourth-order valence-corrected chi connectivity index (χ4v) is 2.35. The van der Waals surface area contributed by atoms with Crippen molar-refractivity contribution >= 4 is 28.1 Å². The molecule has 5 heteroatoms. The Kier molecular flexibility index (Phi) is 3.31. The summed E-state index contributed by atoms with van der Waals surface area (Å²) >= 11 is 5.84. The first-order valence-corrected chi connectivity index (χ1v) is 6.66. The molecule has 0 unspecified atom stereocenters. The van der Waals surface area contributed by atoms with E-state index in [0.29, 0.717) is 12.0 Å². The van der Waals surface area contributed by atoms with Gasteiger partial charge in [-0.05, 0) is 18.6 Å². The van der Waals surface area contributed by atoms with Crippen molar-refractivity contribution in [1.29, 1.82) is 0 Å². The molecular weight excluding hydrogens is 292 g/mol. The van der Waals surface area contributed by atoms with Crippen LogP contribution in [0.1, 0.15) is 12.0 Å². The molecule has 21 heavy (non-hydrogen) atoms. The second-order valence-electron chi connectivity index (χ2n) is 4.61. The Morgan fingerprint density at radius 1 is 1.24 bits per heavy atom. The van der Waals surface area contributed by atoms with Gasteiger partial charge in [-0.15, -0.1) is 0 Å². The molecule has 1 aliphatic carbocycles. The maximum atomic E-state index is 12.5. The van der Waals surface area contributed by atoms with E-state index in [0.717, 1.165) is 0 Å². The summed E-state index contributed by atoms with van der Waals surface area (Å²) in [5, 5.41) is 19.9. The van der Waals surface area contributed by atoms with E-state index < -0.39 is 0 Å². The molecule has 0 aliphatic heterocycles. The smallest absolute Gasteiger partial charge is 0.200 e. The minimum atomic E-state index is -0.314. The number of phenolic OH excluding ortho intramolecular Hbond substituents is 1. The number of phenols is 1. The monoisotopic (exact) mass is 302 g/mol. The first-order chi connectivity index (χ1) is 10.1. The van der Waals surface area contributed by atoms with Gasteiger partial charge in [0, 0.05) is 11.6 Å². The van der Waals surface area contributed by atoms with E-state index in [-0.39, 0.29) is 38.5 Å². The summed E-state index contributed by atoms with van der Waals surface area (Å²) in [5.74, 6) is -0.152. The number of halogens is 1. The number of aliphatic hydroxyl groups is 1. The van der Waals surface area contributed by atoms with E-state index >= 15 is 0 Å². The second kappa shape index (κ2) is 5.14. The average molecular weight is 303 g/mol. The maximum Gasteiger partial charge on any atom is 0.200 e. The van der Waals surface area contributed by atoms with Gasteiger partial charge in [-0.25, -0.2) is 0 Å². The van der Waals surface area contributed by atoms with Crippen molar-refractivity contribution in [2.45, 2.75) is 6.42 Å². The van der Waals surface area contributed by atoms with Gasteiger partial charge in [0.05, 0.1) is 16.0 Å². The van der Waals surface area contributed by atoms with Gasteiger partial charge in [-0.2, -0.15) is 0 Å². The lowest BCUT2D eigenvalue weighted by Gasteiger charge is -2.07. The first-order valence-electron chi connectivity index (χ1n) is 6.28. The Morgan fingerprint density at radius 3 is 2.86 bits per heavy atom. The van der Waals surface area contributed by atoms with Gasteiger partial charge in [0.15, 0.2) is 0 Å². The van der Waals surface area contributed by atoms with Crippen molar-refractivity contribution < 1.29 is 14.6 Å². The molecule has 1 aromatic heterocycles. The van der Waals surface area contributed by atoms with Crippen LogP contribution in [-0.4, -0.2) is 10.2 Å². The van der Waals surface area contributed by atoms with Crippen LogP contribution in [0.25, 0.3) is 16.5 Å². The molecule has 0 amide bonds. The fraction of sp³-hybridized carbons (Fsp3) is 0.0625. The molecule has 0 saturated heterocycles. The number of fused-ring (bicyclic) bond motifs is 1. The van der Waals surface area contributed by atoms with E-state index in [2.05, 4.69) is 0 Å². The fourth-order valence-electron chi connectivity index (χ4n) is 2.19. The molecule has 1 heterocycles. The summed E-state index contributed by atoms with van der Waals surface area (Å²) in [6.07, 6.45) is 8.72. The van der Waals surface area contributed by atoms with Crippen molar-refractivity contribution in [3.8, 4) is 5.75 Å². The van der Waals surface area contributed by atoms with Gasteiger partial charge in [0.1, 0.15) is 23.4 Å². The molecular formula is C16H11ClO4. The molecule has 0 spiro atoms. The third kappa shape index (κ3) is 2.34. The molecule has 3 rings (SSSR count). The van der Waals surface area contributed by atoms with Crippen LogP contribution in [0.3, 0.4) is 0 Å². The number of allylic oxidation sites excluding steroid dienone is 5. The lowest BCUT2D eigenvalue weighted by atomic mass is 10.0. The number of aliphatic hydroxyl groups excluding tert-OH is 1. The standard InChI is InChI=1S/C16H11ClO4/c17-12-6-10-15(7-14(12)19)21-8-11(16(10)20)9-4-2-1-3-5-13(9)18/h1,3-8,18-19H,2H2. The van der Waals surface area contributed by atoms with Gasteiger partial charge < -0.3 is 14.6 Å². The number of hydrogen-bond acceptors (Lipinski definition) is 4. The Labute approximate surface area is 124 Å². The van der Waals surface area contributed by atoms with E-state index in [1.54, 1.807) is 12.2 Å². The number of benzene rings is 1. The van der Waals surface area contributed by atoms with Crippen molar-refractivity contribution in [1.82, 2.24) is 0 Å². The largest absolute Gasteiger partial charge is 0.507 e. The molecule has 1 aliphatic rings. The molecule has 0 atom stereocenters. The Bertz CT molecular complexity index is 872. The van der Waals surface area contributed by atoms with Gasteiger partial charge in [-0.3, -0.25) is 4.79 Å². The van der Waals surface area contributed by atoms with Gasteiger partial charge in [0.25, 0.3) is 0 Å². The summed E-state index contributed by atoms with van der Waals surface area (Å²) < 4.78 is 5.38. The van der Waals surface area contributed by atoms with Crippen LogP contribution in [0.4, 0.5) is 0 Å². The van der Waals surface area contributed by atoms with Crippen LogP contribution in [-0.2, 0) is 0 Å². The third-order valence-corrected chi connectivity index (χ3v) is 3.56. The molecule has 0 radical (unpaired) electrons. The highest BCUT2D eigenvalue weighted by Crippen LogP contribution is 2.29. The SMILES string of the molecule is O=c1c(C2=CCC=CC=C2O)coc2cc(O)c(Cl)cc12. The highest BCUT2D eigenvalue weighted by molar-refractivity contribution is 6.32. The molecule has 2 aromatic rings. The number of hydrogen-bond donors (Lipinski definition) is 2. The molecule has 0 fully saturated rings. The third-order valence-electron chi connectivity index (χ3n) is 3.26. The molecule has 1 aromatic carbocycles. The number of rotatable bonds is 1. The maximum absolute atomic E-state index is 12.5. The van der Waals surface area contributed by atoms with Crippen molar-refractivity contribution in [2.24, 2.45) is 0 Å². The Morgan fingerprint density at radius 2 is 2.05 bits per heavy atom. The van der Waals surface area contributed by atoms with Crippen LogP contribution in [0, 0.1) is 0 Å². The molecule has 4 nitrogen and oxygen atoms in total. The van der Waals surface area contributed by atoms with Gasteiger partial charge in [-0.1, -0.05) is 29.8 Å². The zero-order valence-corrected chi connectivity index (χ0v) is 11.6. The van der Waals surface area contributed by atoms with Crippen LogP contribution < -0.4 is 5.43 Å². The summed E-state index contributed by atoms with van der Waals surface area (Å²) in [4.78, 5) is 12.5. The Balaban J connectivity index is 2.26. The Hall–Kier alpha value is -2.46. The molecule has 2 N–H and O–H groups in total. The predicted octanol–water partition coefficient (Wildman–Crippen LogP) is 3.94. The minimum absolute atomic E-state index is 0.000255. The van der Waals surface area contributed by atoms with Crippen LogP contribution in [0.15, 0.2) is 57.7 Å². The van der Waals surface area contributed by atoms with E-state index in [1.165, 1.54) is 24.5 Å². The van der Waals surface area contributed by atoms with Crippen molar-refractivity contribution in [3.05, 3.63) is 69.3 Å². The van der Waals surface area contributed by atoms with E-state index in [9.17, 15) is 15.0 Å². The highest BCUT2D eigenvalue weighted by Gasteiger charge is 2.16. The normalized spacial score (nSPS) is 14.7. The summed E-state index contributed by atoms with van der Waals surface area (Å²) in [7, 11) is 0. The van der Waals surface area contributed by atoms with Gasteiger partial charge in [0.2, 0.25) is 5.43 Å². The summed E-state index contributed by atoms with van der Waals surface area (Å²) in [6.45, 7) is 0. The lowest BCUT2D eigenvalue weighted by Crippen LogP contribution is -2.09. The second-order valence-corrected chi connectivity index (χ2v) is 5.02. The van der Waals surface area contributed by atoms with E-state index in [1.807, 2.05) is 6.08 Å². The average Bonchev–Trinajstić information content (AvgIpc) is 2.67. The van der Waals surface area contributed by atoms with Gasteiger partial charge >= 0.3 is 0 Å². The van der Waals surface area contributed by atoms with E-state index in [4.69, 9.17) is 16.0 Å². The van der Waals surface area contributed by atoms with Crippen LogP contribution >= 0.6 is 11.6 Å². The first kappa shape index (κ1) is 13.5. The van der Waals surface area contributed by atoms with Crippen molar-refractivity contribution in [3.63, 3.8) is 0 Å². The quantitative estimate of drug-likeness (QED) is 0.837. The highest BCUT2D eigenvalue weighted by atomic mass is 35.5. The molecule has 0 saturated carbocycles. The van der Waals surface area contributed by atoms with Crippen LogP contribution in [0.5, 0.6) is 5.75 Å². The zero-order chi connectivity index (χ0) is 15.0. The minimum Gasteiger partial charge on any atom is -0.507 e. The topological polar surface area (TPSA) is 70.7 Å². The van der Waals surface area contributed by atoms with Crippen molar-refractivity contribution in [2.75, 3.05) is 0 Å². The number of aromatic hydroxyl groups is 1. The lowest BCUT2D eigenvalue weighted by molar-refractivity contribution is 0.437. The molecule has 0 bridgehead atoms. The van der Waals surface area contributed by atoms with Crippen LogP contribution in [0.2, 0.25) is 5.02 Å².